The molecule has 0 N–H and O–H groups in total. The minimum atomic E-state index is 0.318. The molecule has 4 rings (SSSR count). The van der Waals surface area contributed by atoms with Crippen LogP contribution in [0.4, 0.5) is 0 Å². The van der Waals surface area contributed by atoms with Crippen LogP contribution < -0.4 is 0 Å². The van der Waals surface area contributed by atoms with Gasteiger partial charge in [0.2, 0.25) is 0 Å². The van der Waals surface area contributed by atoms with E-state index >= 15 is 0 Å². The van der Waals surface area contributed by atoms with Gasteiger partial charge in [0.25, 0.3) is 0 Å². The summed E-state index contributed by atoms with van der Waals surface area (Å²) < 4.78 is 3.02. The van der Waals surface area contributed by atoms with E-state index in [0.29, 0.717) is 29.7 Å². The third kappa shape index (κ3) is 4.81. The maximum atomic E-state index is 6.19. The first kappa shape index (κ1) is 25.0. The minimum absolute atomic E-state index is 0.318. The average molecular weight is 740 g/mol. The van der Waals surface area contributed by atoms with Gasteiger partial charge in [0.1, 0.15) is 5.15 Å². The molecule has 0 aliphatic carbocycles. The van der Waals surface area contributed by atoms with Gasteiger partial charge in [0.05, 0.1) is 30.6 Å². The normalized spacial score (nSPS) is 11.0. The maximum Gasteiger partial charge on any atom is 0.145 e. The summed E-state index contributed by atoms with van der Waals surface area (Å²) in [5.41, 5.74) is 3.78. The highest BCUT2D eigenvalue weighted by molar-refractivity contribution is 9.11. The molecule has 0 amide bonds. The quantitative estimate of drug-likeness (QED) is 0.133. The first-order valence-electron chi connectivity index (χ1n) is 8.23. The van der Waals surface area contributed by atoms with Crippen LogP contribution in [-0.2, 0) is 0 Å². The molecule has 0 unspecified atom stereocenters. The highest BCUT2D eigenvalue weighted by atomic mass is 79.9. The summed E-state index contributed by atoms with van der Waals surface area (Å²) in [4.78, 5) is 8.70. The summed E-state index contributed by atoms with van der Waals surface area (Å²) in [6.45, 7) is 4.04. The van der Waals surface area contributed by atoms with E-state index in [1.165, 1.54) is 0 Å². The molecule has 0 bridgehead atoms. The van der Waals surface area contributed by atoms with Crippen LogP contribution in [0, 0.1) is 13.8 Å². The van der Waals surface area contributed by atoms with E-state index in [1.807, 2.05) is 32.0 Å². The summed E-state index contributed by atoms with van der Waals surface area (Å²) in [5, 5.41) is 3.81. The van der Waals surface area contributed by atoms with Crippen LogP contribution in [0.3, 0.4) is 0 Å². The number of aromatic nitrogens is 2. The zero-order valence-corrected chi connectivity index (χ0v) is 24.6. The van der Waals surface area contributed by atoms with E-state index in [0.717, 1.165) is 41.5 Å². The molecule has 0 saturated heterocycles. The van der Waals surface area contributed by atoms with Crippen LogP contribution in [0.2, 0.25) is 20.2 Å². The smallest absolute Gasteiger partial charge is 0.145 e. The van der Waals surface area contributed by atoms with Crippen LogP contribution >= 0.6 is 110 Å². The van der Waals surface area contributed by atoms with Crippen molar-refractivity contribution >= 4 is 132 Å². The topological polar surface area (TPSA) is 25.8 Å². The zero-order chi connectivity index (χ0) is 22.3. The number of halogens is 8. The van der Waals surface area contributed by atoms with E-state index in [2.05, 4.69) is 73.7 Å². The standard InChI is InChI=1S/C11H9BrClN.C9HBr3Cl3N/c1-6-7(2)14-9-5-3-4-8(13)10(9)11(6)12;10-2-1-3-4(5(11)7(2)13)8(14)6(12)9(15)16-3/h3-5H,1-2H3;1H. The van der Waals surface area contributed by atoms with E-state index in [1.54, 1.807) is 6.07 Å². The average Bonchev–Trinajstić information content (AvgIpc) is 2.69. The van der Waals surface area contributed by atoms with Crippen molar-refractivity contribution in [3.63, 3.8) is 0 Å². The second-order valence-corrected chi connectivity index (χ2v) is 10.9. The Morgan fingerprint density at radius 1 is 0.733 bits per heavy atom. The van der Waals surface area contributed by atoms with Crippen molar-refractivity contribution in [3.05, 3.63) is 73.6 Å². The number of benzene rings is 2. The SMILES string of the molecule is Cc1nc2cccc(Cl)c2c(Br)c1C.Clc1nc2cc(Br)c(Cl)c(Br)c2c(Cl)c1Br. The molecule has 0 atom stereocenters. The Hall–Kier alpha value is 0.340. The summed E-state index contributed by atoms with van der Waals surface area (Å²) in [5.74, 6) is 0. The summed E-state index contributed by atoms with van der Waals surface area (Å²) in [7, 11) is 0. The molecule has 2 aromatic heterocycles. The van der Waals surface area contributed by atoms with Crippen molar-refractivity contribution in [2.24, 2.45) is 0 Å². The monoisotopic (exact) mass is 734 g/mol. The number of pyridine rings is 2. The molecular weight excluding hydrogens is 730 g/mol. The minimum Gasteiger partial charge on any atom is -0.253 e. The molecule has 0 radical (unpaired) electrons. The number of nitrogens with zero attached hydrogens (tertiary/aromatic N) is 2. The van der Waals surface area contributed by atoms with E-state index in [-0.39, 0.29) is 0 Å². The molecular formula is C20H10Br4Cl4N2. The number of hydrogen-bond acceptors (Lipinski definition) is 2. The second kappa shape index (κ2) is 10.1. The van der Waals surface area contributed by atoms with Gasteiger partial charge < -0.3 is 0 Å². The summed E-state index contributed by atoms with van der Waals surface area (Å²) in [6, 6.07) is 7.54. The van der Waals surface area contributed by atoms with Crippen molar-refractivity contribution in [2.75, 3.05) is 0 Å². The van der Waals surface area contributed by atoms with Gasteiger partial charge in [-0.25, -0.2) is 4.98 Å². The van der Waals surface area contributed by atoms with Gasteiger partial charge in [-0.3, -0.25) is 4.98 Å². The van der Waals surface area contributed by atoms with Gasteiger partial charge >= 0.3 is 0 Å². The summed E-state index contributed by atoms with van der Waals surface area (Å²) >= 11 is 37.9. The van der Waals surface area contributed by atoms with Crippen molar-refractivity contribution in [2.45, 2.75) is 13.8 Å². The van der Waals surface area contributed by atoms with Crippen LogP contribution in [0.15, 0.2) is 42.2 Å². The number of hydrogen-bond donors (Lipinski definition) is 0. The third-order valence-corrected chi connectivity index (χ3v) is 9.78. The Morgan fingerprint density at radius 2 is 1.40 bits per heavy atom. The Kier molecular flexibility index (Phi) is 8.39. The maximum absolute atomic E-state index is 6.19. The predicted octanol–water partition coefficient (Wildman–Crippen LogP) is 10.8. The molecule has 2 heterocycles. The molecule has 2 aromatic carbocycles. The fourth-order valence-corrected chi connectivity index (χ4v) is 6.11. The molecule has 10 heteroatoms. The van der Waals surface area contributed by atoms with Crippen LogP contribution in [0.5, 0.6) is 0 Å². The zero-order valence-electron chi connectivity index (χ0n) is 15.2. The Balaban J connectivity index is 0.000000172. The number of aryl methyl sites for hydroxylation is 1. The van der Waals surface area contributed by atoms with Gasteiger partial charge in [-0.05, 0) is 101 Å². The molecule has 30 heavy (non-hydrogen) atoms. The molecule has 0 aliphatic heterocycles. The highest BCUT2D eigenvalue weighted by Crippen LogP contribution is 2.43. The highest BCUT2D eigenvalue weighted by Gasteiger charge is 2.16. The molecule has 0 fully saturated rings. The van der Waals surface area contributed by atoms with E-state index < -0.39 is 0 Å². The van der Waals surface area contributed by atoms with Gasteiger partial charge in [0, 0.05) is 29.9 Å². The fraction of sp³-hybridized carbons (Fsp3) is 0.100. The molecule has 0 spiro atoms. The lowest BCUT2D eigenvalue weighted by molar-refractivity contribution is 1.18. The first-order valence-corrected chi connectivity index (χ1v) is 12.9. The van der Waals surface area contributed by atoms with E-state index in [4.69, 9.17) is 46.4 Å². The van der Waals surface area contributed by atoms with Gasteiger partial charge in [-0.15, -0.1) is 0 Å². The Bertz CT molecular complexity index is 1260. The molecule has 4 aromatic rings. The lowest BCUT2D eigenvalue weighted by atomic mass is 10.1. The van der Waals surface area contributed by atoms with Gasteiger partial charge in [-0.1, -0.05) is 52.5 Å². The largest absolute Gasteiger partial charge is 0.253 e. The van der Waals surface area contributed by atoms with Gasteiger partial charge in [-0.2, -0.15) is 0 Å². The second-order valence-electron chi connectivity index (χ2n) is 6.18. The van der Waals surface area contributed by atoms with Crippen molar-refractivity contribution in [1.29, 1.82) is 0 Å². The molecule has 2 nitrogen and oxygen atoms in total. The summed E-state index contributed by atoms with van der Waals surface area (Å²) in [6.07, 6.45) is 0. The van der Waals surface area contributed by atoms with Crippen LogP contribution in [-0.4, -0.2) is 9.97 Å². The van der Waals surface area contributed by atoms with Crippen molar-refractivity contribution < 1.29 is 0 Å². The fourth-order valence-electron chi connectivity index (χ4n) is 2.67. The Labute approximate surface area is 227 Å². The van der Waals surface area contributed by atoms with Gasteiger partial charge in [0.15, 0.2) is 0 Å². The van der Waals surface area contributed by atoms with E-state index in [9.17, 15) is 0 Å². The lowest BCUT2D eigenvalue weighted by Crippen LogP contribution is -1.91. The third-order valence-electron chi connectivity index (χ3n) is 4.32. The lowest BCUT2D eigenvalue weighted by Gasteiger charge is -2.09. The number of rotatable bonds is 0. The van der Waals surface area contributed by atoms with Crippen LogP contribution in [0.1, 0.15) is 11.3 Å². The van der Waals surface area contributed by atoms with Crippen molar-refractivity contribution in [3.8, 4) is 0 Å². The van der Waals surface area contributed by atoms with Crippen molar-refractivity contribution in [1.82, 2.24) is 9.97 Å². The molecule has 0 saturated carbocycles. The number of fused-ring (bicyclic) bond motifs is 2. The first-order chi connectivity index (χ1) is 14.0. The molecule has 156 valence electrons. The predicted molar refractivity (Wildman–Crippen MR) is 144 cm³/mol. The Morgan fingerprint density at radius 3 is 2.07 bits per heavy atom. The van der Waals surface area contributed by atoms with Crippen LogP contribution in [0.25, 0.3) is 21.8 Å². The molecule has 0 aliphatic rings.